The van der Waals surface area contributed by atoms with Crippen molar-refractivity contribution in [3.05, 3.63) is 0 Å². The van der Waals surface area contributed by atoms with Crippen LogP contribution in [0.1, 0.15) is 19.3 Å². The third-order valence-corrected chi connectivity index (χ3v) is 2.71. The molecule has 2 heterocycles. The highest BCUT2D eigenvalue weighted by atomic mass is 16.7. The Morgan fingerprint density at radius 2 is 1.93 bits per heavy atom. The first-order valence-corrected chi connectivity index (χ1v) is 5.45. The maximum absolute atomic E-state index is 9.42. The van der Waals surface area contributed by atoms with Gasteiger partial charge >= 0.3 is 0 Å². The van der Waals surface area contributed by atoms with E-state index in [9.17, 15) is 10.2 Å². The summed E-state index contributed by atoms with van der Waals surface area (Å²) in [6.07, 6.45) is 0.499. The Morgan fingerprint density at radius 1 is 1.07 bits per heavy atom. The van der Waals surface area contributed by atoms with Crippen molar-refractivity contribution in [3.8, 4) is 0 Å². The minimum Gasteiger partial charge on any atom is -0.393 e. The molecular weight excluding hydrogens is 200 g/mol. The molecule has 1 unspecified atom stereocenters. The van der Waals surface area contributed by atoms with E-state index >= 15 is 0 Å². The molecule has 5 nitrogen and oxygen atoms in total. The molecule has 0 aromatic heterocycles. The molecule has 0 spiro atoms. The van der Waals surface area contributed by atoms with Crippen molar-refractivity contribution in [1.82, 2.24) is 0 Å². The van der Waals surface area contributed by atoms with Crippen molar-refractivity contribution >= 4 is 0 Å². The van der Waals surface area contributed by atoms with Crippen LogP contribution in [0, 0.1) is 0 Å². The summed E-state index contributed by atoms with van der Waals surface area (Å²) in [5.41, 5.74) is 0. The monoisotopic (exact) mass is 218 g/mol. The molecule has 4 atom stereocenters. The Kier molecular flexibility index (Phi) is 3.93. The first-order valence-electron chi connectivity index (χ1n) is 5.45. The SMILES string of the molecule is O[C@H]1CCOC(O[C@@H]2COC[C@H](O)C2)C1. The van der Waals surface area contributed by atoms with Gasteiger partial charge in [0.05, 0.1) is 38.1 Å². The van der Waals surface area contributed by atoms with Crippen LogP contribution in [0.25, 0.3) is 0 Å². The summed E-state index contributed by atoms with van der Waals surface area (Å²) in [6.45, 7) is 1.41. The topological polar surface area (TPSA) is 68.2 Å². The summed E-state index contributed by atoms with van der Waals surface area (Å²) in [4.78, 5) is 0. The van der Waals surface area contributed by atoms with Gasteiger partial charge < -0.3 is 24.4 Å². The van der Waals surface area contributed by atoms with E-state index in [2.05, 4.69) is 0 Å². The lowest BCUT2D eigenvalue weighted by Crippen LogP contribution is -2.40. The average molecular weight is 218 g/mol. The van der Waals surface area contributed by atoms with E-state index in [1.807, 2.05) is 0 Å². The third kappa shape index (κ3) is 3.39. The van der Waals surface area contributed by atoms with E-state index < -0.39 is 6.10 Å². The fourth-order valence-corrected chi connectivity index (χ4v) is 1.92. The molecule has 2 N–H and O–H groups in total. The number of aliphatic hydroxyl groups excluding tert-OH is 2. The number of ether oxygens (including phenoxy) is 3. The predicted molar refractivity (Wildman–Crippen MR) is 51.3 cm³/mol. The van der Waals surface area contributed by atoms with Gasteiger partial charge in [0.15, 0.2) is 6.29 Å². The van der Waals surface area contributed by atoms with Gasteiger partial charge in [-0.05, 0) is 6.42 Å². The zero-order chi connectivity index (χ0) is 10.7. The van der Waals surface area contributed by atoms with Crippen LogP contribution < -0.4 is 0 Å². The van der Waals surface area contributed by atoms with Crippen molar-refractivity contribution in [1.29, 1.82) is 0 Å². The van der Waals surface area contributed by atoms with E-state index in [1.165, 1.54) is 0 Å². The molecule has 2 rings (SSSR count). The lowest BCUT2D eigenvalue weighted by atomic mass is 10.1. The van der Waals surface area contributed by atoms with Crippen molar-refractivity contribution in [2.24, 2.45) is 0 Å². The first kappa shape index (κ1) is 11.3. The summed E-state index contributed by atoms with van der Waals surface area (Å²) in [6, 6.07) is 0. The van der Waals surface area contributed by atoms with Crippen LogP contribution in [0.4, 0.5) is 0 Å². The Labute approximate surface area is 88.9 Å². The Morgan fingerprint density at radius 3 is 2.67 bits per heavy atom. The highest BCUT2D eigenvalue weighted by molar-refractivity contribution is 4.72. The molecule has 0 aliphatic carbocycles. The van der Waals surface area contributed by atoms with Crippen molar-refractivity contribution in [2.45, 2.75) is 43.9 Å². The molecule has 0 aromatic rings. The lowest BCUT2D eigenvalue weighted by molar-refractivity contribution is -0.228. The second-order valence-electron chi connectivity index (χ2n) is 4.16. The second-order valence-corrected chi connectivity index (χ2v) is 4.16. The largest absolute Gasteiger partial charge is 0.393 e. The fraction of sp³-hybridized carbons (Fsp3) is 1.00. The Hall–Kier alpha value is -0.200. The summed E-state index contributed by atoms with van der Waals surface area (Å²) in [5.74, 6) is 0. The van der Waals surface area contributed by atoms with Gasteiger partial charge in [-0.3, -0.25) is 0 Å². The van der Waals surface area contributed by atoms with Gasteiger partial charge in [0.25, 0.3) is 0 Å². The normalized spacial score (nSPS) is 42.8. The minimum absolute atomic E-state index is 0.121. The molecular formula is C10H18O5. The Balaban J connectivity index is 1.75. The number of aliphatic hydroxyl groups is 2. The van der Waals surface area contributed by atoms with Gasteiger partial charge in [-0.1, -0.05) is 0 Å². The van der Waals surface area contributed by atoms with Gasteiger partial charge in [-0.25, -0.2) is 0 Å². The smallest absolute Gasteiger partial charge is 0.160 e. The van der Waals surface area contributed by atoms with Crippen LogP contribution in [0.3, 0.4) is 0 Å². The molecule has 0 radical (unpaired) electrons. The van der Waals surface area contributed by atoms with Gasteiger partial charge in [0, 0.05) is 12.8 Å². The van der Waals surface area contributed by atoms with Gasteiger partial charge in [-0.15, -0.1) is 0 Å². The summed E-state index contributed by atoms with van der Waals surface area (Å²) < 4.78 is 16.1. The van der Waals surface area contributed by atoms with Crippen LogP contribution in [-0.2, 0) is 14.2 Å². The van der Waals surface area contributed by atoms with Crippen LogP contribution in [0.2, 0.25) is 0 Å². The molecule has 0 bridgehead atoms. The predicted octanol–water partition coefficient (Wildman–Crippen LogP) is -0.350. The molecule has 5 heteroatoms. The van der Waals surface area contributed by atoms with Crippen LogP contribution in [0.15, 0.2) is 0 Å². The highest BCUT2D eigenvalue weighted by Gasteiger charge is 2.28. The number of hydrogen-bond acceptors (Lipinski definition) is 5. The van der Waals surface area contributed by atoms with E-state index in [1.54, 1.807) is 0 Å². The number of hydrogen-bond donors (Lipinski definition) is 2. The zero-order valence-electron chi connectivity index (χ0n) is 8.67. The maximum atomic E-state index is 9.42. The Bertz CT molecular complexity index is 178. The summed E-state index contributed by atoms with van der Waals surface area (Å²) >= 11 is 0. The van der Waals surface area contributed by atoms with Gasteiger partial charge in [0.1, 0.15) is 0 Å². The molecule has 0 amide bonds. The second kappa shape index (κ2) is 5.23. The van der Waals surface area contributed by atoms with Gasteiger partial charge in [-0.2, -0.15) is 0 Å². The van der Waals surface area contributed by atoms with Gasteiger partial charge in [0.2, 0.25) is 0 Å². The molecule has 2 aliphatic rings. The molecule has 2 fully saturated rings. The van der Waals surface area contributed by atoms with Crippen LogP contribution in [0.5, 0.6) is 0 Å². The van der Waals surface area contributed by atoms with E-state index in [4.69, 9.17) is 14.2 Å². The standard InChI is InChI=1S/C10H18O5/c11-7-1-2-14-10(4-7)15-9-3-8(12)5-13-6-9/h7-12H,1-6H2/t7-,8+,9-,10?/m0/s1. The van der Waals surface area contributed by atoms with Crippen molar-refractivity contribution in [2.75, 3.05) is 19.8 Å². The molecule has 15 heavy (non-hydrogen) atoms. The van der Waals surface area contributed by atoms with E-state index in [0.29, 0.717) is 39.1 Å². The fourth-order valence-electron chi connectivity index (χ4n) is 1.92. The summed E-state index contributed by atoms with van der Waals surface area (Å²) in [7, 11) is 0. The van der Waals surface area contributed by atoms with Crippen molar-refractivity contribution in [3.63, 3.8) is 0 Å². The zero-order valence-corrected chi connectivity index (χ0v) is 8.67. The first-order chi connectivity index (χ1) is 7.24. The summed E-state index contributed by atoms with van der Waals surface area (Å²) in [5, 5.41) is 18.8. The highest BCUT2D eigenvalue weighted by Crippen LogP contribution is 2.19. The molecule has 0 aromatic carbocycles. The number of rotatable bonds is 2. The minimum atomic E-state index is -0.447. The van der Waals surface area contributed by atoms with E-state index in [-0.39, 0.29) is 18.5 Å². The van der Waals surface area contributed by atoms with Crippen LogP contribution >= 0.6 is 0 Å². The van der Waals surface area contributed by atoms with E-state index in [0.717, 1.165) is 0 Å². The molecule has 0 saturated carbocycles. The average Bonchev–Trinajstić information content (AvgIpc) is 2.17. The molecule has 88 valence electrons. The lowest BCUT2D eigenvalue weighted by Gasteiger charge is -2.32. The van der Waals surface area contributed by atoms with Crippen LogP contribution in [-0.4, -0.2) is 54.6 Å². The maximum Gasteiger partial charge on any atom is 0.160 e. The quantitative estimate of drug-likeness (QED) is 0.663. The third-order valence-electron chi connectivity index (χ3n) is 2.71. The van der Waals surface area contributed by atoms with Crippen molar-refractivity contribution < 1.29 is 24.4 Å². The molecule has 2 saturated heterocycles. The molecule has 2 aliphatic heterocycles.